The maximum atomic E-state index is 10.2. The second-order valence-corrected chi connectivity index (χ2v) is 8.31. The third kappa shape index (κ3) is 5.58. The fraction of sp³-hybridized carbons (Fsp3) is 0.409. The Morgan fingerprint density at radius 2 is 1.93 bits per heavy atom. The van der Waals surface area contributed by atoms with Crippen molar-refractivity contribution < 1.29 is 14.6 Å². The number of amides is 1. The number of hydrogen-bond acceptors (Lipinski definition) is 4. The molecule has 0 bridgehead atoms. The highest BCUT2D eigenvalue weighted by Gasteiger charge is 2.27. The van der Waals surface area contributed by atoms with E-state index >= 15 is 0 Å². The average Bonchev–Trinajstić information content (AvgIpc) is 2.75. The standard InChI is InChI=1S/C17H18Cl2N2.C5H9NO3/c1-20-13-5-3-4-11(6-13)15-9-21(2)10-16-14(15)7-12(18)8-17(16)19;7-5(8)6-1-3-9-4-2-6/h3-8,15,20H,9-10H2,1-2H3;1-4H2,(H,7,8). The van der Waals surface area contributed by atoms with E-state index in [2.05, 4.69) is 47.6 Å². The highest BCUT2D eigenvalue weighted by atomic mass is 35.5. The monoisotopic (exact) mass is 451 g/mol. The second kappa shape index (κ2) is 10.4. The molecule has 4 rings (SSSR count). The smallest absolute Gasteiger partial charge is 0.407 e. The topological polar surface area (TPSA) is 65.0 Å². The number of benzene rings is 2. The fourth-order valence-corrected chi connectivity index (χ4v) is 4.37. The molecule has 6 nitrogen and oxygen atoms in total. The number of ether oxygens (including phenoxy) is 1. The van der Waals surface area contributed by atoms with Crippen molar-refractivity contribution in [2.24, 2.45) is 0 Å². The fourth-order valence-electron chi connectivity index (χ4n) is 3.80. The first-order valence-corrected chi connectivity index (χ1v) is 10.6. The molecule has 0 spiro atoms. The number of carboxylic acid groups (broad SMARTS) is 1. The van der Waals surface area contributed by atoms with E-state index in [1.54, 1.807) is 0 Å². The molecule has 162 valence electrons. The molecule has 1 fully saturated rings. The summed E-state index contributed by atoms with van der Waals surface area (Å²) in [4.78, 5) is 13.9. The van der Waals surface area contributed by atoms with E-state index in [4.69, 9.17) is 33.0 Å². The van der Waals surface area contributed by atoms with E-state index in [1.165, 1.54) is 21.6 Å². The lowest BCUT2D eigenvalue weighted by molar-refractivity contribution is 0.0392. The van der Waals surface area contributed by atoms with Crippen molar-refractivity contribution in [2.45, 2.75) is 12.5 Å². The van der Waals surface area contributed by atoms with Gasteiger partial charge in [-0.2, -0.15) is 0 Å². The minimum absolute atomic E-state index is 0.295. The summed E-state index contributed by atoms with van der Waals surface area (Å²) in [5.41, 5.74) is 4.84. The van der Waals surface area contributed by atoms with Crippen LogP contribution >= 0.6 is 23.2 Å². The normalized spacial score (nSPS) is 18.8. The van der Waals surface area contributed by atoms with Gasteiger partial charge in [-0.1, -0.05) is 35.3 Å². The highest BCUT2D eigenvalue weighted by molar-refractivity contribution is 6.35. The van der Waals surface area contributed by atoms with Gasteiger partial charge in [0.1, 0.15) is 0 Å². The Balaban J connectivity index is 0.000000239. The number of nitrogens with one attached hydrogen (secondary N) is 1. The van der Waals surface area contributed by atoms with Crippen LogP contribution in [0.3, 0.4) is 0 Å². The molecule has 30 heavy (non-hydrogen) atoms. The Morgan fingerprint density at radius 1 is 1.20 bits per heavy atom. The molecule has 2 aromatic rings. The maximum absolute atomic E-state index is 10.2. The Hall–Kier alpha value is -1.99. The van der Waals surface area contributed by atoms with Crippen molar-refractivity contribution in [1.29, 1.82) is 0 Å². The van der Waals surface area contributed by atoms with Gasteiger partial charge in [0, 0.05) is 54.9 Å². The van der Waals surface area contributed by atoms with Crippen LogP contribution in [-0.2, 0) is 11.3 Å². The van der Waals surface area contributed by atoms with E-state index in [9.17, 15) is 4.79 Å². The summed E-state index contributed by atoms with van der Waals surface area (Å²) in [5.74, 6) is 0.295. The number of likely N-dealkylation sites (N-methyl/N-ethyl adjacent to an activating group) is 1. The molecule has 2 aromatic carbocycles. The predicted molar refractivity (Wildman–Crippen MR) is 121 cm³/mol. The molecule has 2 N–H and O–H groups in total. The van der Waals surface area contributed by atoms with Crippen LogP contribution in [0.5, 0.6) is 0 Å². The first-order valence-electron chi connectivity index (χ1n) is 9.88. The highest BCUT2D eigenvalue weighted by Crippen LogP contribution is 2.38. The number of fused-ring (bicyclic) bond motifs is 1. The lowest BCUT2D eigenvalue weighted by Gasteiger charge is -2.33. The Kier molecular flexibility index (Phi) is 7.83. The minimum Gasteiger partial charge on any atom is -0.465 e. The number of anilines is 1. The van der Waals surface area contributed by atoms with Gasteiger partial charge in [-0.25, -0.2) is 4.79 Å². The number of carbonyl (C=O) groups is 1. The van der Waals surface area contributed by atoms with Crippen LogP contribution in [0.2, 0.25) is 10.0 Å². The molecule has 2 aliphatic heterocycles. The van der Waals surface area contributed by atoms with Crippen molar-refractivity contribution in [3.8, 4) is 0 Å². The predicted octanol–water partition coefficient (Wildman–Crippen LogP) is 4.61. The van der Waals surface area contributed by atoms with E-state index in [0.29, 0.717) is 37.2 Å². The summed E-state index contributed by atoms with van der Waals surface area (Å²) in [6.07, 6.45) is -0.849. The number of morpholine rings is 1. The van der Waals surface area contributed by atoms with Gasteiger partial charge in [-0.05, 0) is 48.0 Å². The lowest BCUT2D eigenvalue weighted by Crippen LogP contribution is -2.39. The molecule has 0 radical (unpaired) electrons. The zero-order valence-corrected chi connectivity index (χ0v) is 18.7. The molecule has 8 heteroatoms. The van der Waals surface area contributed by atoms with Crippen LogP contribution in [0, 0.1) is 0 Å². The molecular weight excluding hydrogens is 425 g/mol. The van der Waals surface area contributed by atoms with Gasteiger partial charge in [0.05, 0.1) is 13.2 Å². The molecular formula is C22H27Cl2N3O3. The van der Waals surface area contributed by atoms with Crippen LogP contribution in [0.4, 0.5) is 10.5 Å². The number of halogens is 2. The van der Waals surface area contributed by atoms with Crippen molar-refractivity contribution in [3.63, 3.8) is 0 Å². The third-order valence-corrected chi connectivity index (χ3v) is 5.91. The third-order valence-electron chi connectivity index (χ3n) is 5.35. The molecule has 1 amide bonds. The average molecular weight is 452 g/mol. The SMILES string of the molecule is CNc1cccc(C2CN(C)Cc3c(Cl)cc(Cl)cc32)c1.O=C(O)N1CCOCC1. The van der Waals surface area contributed by atoms with Gasteiger partial charge >= 0.3 is 6.09 Å². The lowest BCUT2D eigenvalue weighted by atomic mass is 9.84. The van der Waals surface area contributed by atoms with Gasteiger partial charge in [-0.15, -0.1) is 0 Å². The zero-order chi connectivity index (χ0) is 21.7. The van der Waals surface area contributed by atoms with Crippen LogP contribution < -0.4 is 5.32 Å². The van der Waals surface area contributed by atoms with E-state index in [-0.39, 0.29) is 0 Å². The zero-order valence-electron chi connectivity index (χ0n) is 17.2. The van der Waals surface area contributed by atoms with Crippen LogP contribution in [0.1, 0.15) is 22.6 Å². The molecule has 1 atom stereocenters. The largest absolute Gasteiger partial charge is 0.465 e. The molecule has 1 unspecified atom stereocenters. The molecule has 2 heterocycles. The van der Waals surface area contributed by atoms with Gasteiger partial charge in [0.25, 0.3) is 0 Å². The van der Waals surface area contributed by atoms with Gasteiger partial charge in [0.15, 0.2) is 0 Å². The Morgan fingerprint density at radius 3 is 2.57 bits per heavy atom. The first kappa shape index (κ1) is 22.7. The van der Waals surface area contributed by atoms with Crippen molar-refractivity contribution in [3.05, 3.63) is 63.1 Å². The van der Waals surface area contributed by atoms with Gasteiger partial charge in [-0.3, -0.25) is 0 Å². The summed E-state index contributed by atoms with van der Waals surface area (Å²) in [6, 6.07) is 12.4. The summed E-state index contributed by atoms with van der Waals surface area (Å²) >= 11 is 12.6. The number of rotatable bonds is 2. The first-order chi connectivity index (χ1) is 14.4. The van der Waals surface area contributed by atoms with Gasteiger partial charge in [0.2, 0.25) is 0 Å². The van der Waals surface area contributed by atoms with E-state index in [0.717, 1.165) is 23.8 Å². The summed E-state index contributed by atoms with van der Waals surface area (Å²) in [7, 11) is 4.07. The van der Waals surface area contributed by atoms with Crippen molar-refractivity contribution >= 4 is 35.0 Å². The second-order valence-electron chi connectivity index (χ2n) is 7.46. The van der Waals surface area contributed by atoms with E-state index in [1.807, 2.05) is 13.1 Å². The Bertz CT molecular complexity index is 888. The summed E-state index contributed by atoms with van der Waals surface area (Å²) < 4.78 is 4.94. The molecule has 2 aliphatic rings. The minimum atomic E-state index is -0.849. The van der Waals surface area contributed by atoms with Gasteiger partial charge < -0.3 is 25.0 Å². The number of hydrogen-bond donors (Lipinski definition) is 2. The molecule has 0 saturated carbocycles. The quantitative estimate of drug-likeness (QED) is 0.697. The van der Waals surface area contributed by atoms with Crippen LogP contribution in [0.25, 0.3) is 0 Å². The Labute approximate surface area is 187 Å². The summed E-state index contributed by atoms with van der Waals surface area (Å²) in [6.45, 7) is 3.92. The van der Waals surface area contributed by atoms with E-state index < -0.39 is 6.09 Å². The van der Waals surface area contributed by atoms with Crippen molar-refractivity contribution in [1.82, 2.24) is 9.80 Å². The maximum Gasteiger partial charge on any atom is 0.407 e. The van der Waals surface area contributed by atoms with Crippen LogP contribution in [-0.4, -0.2) is 67.9 Å². The number of nitrogens with zero attached hydrogens (tertiary/aromatic N) is 2. The van der Waals surface area contributed by atoms with Crippen LogP contribution in [0.15, 0.2) is 36.4 Å². The molecule has 0 aromatic heterocycles. The van der Waals surface area contributed by atoms with Crippen molar-refractivity contribution in [2.75, 3.05) is 52.3 Å². The molecule has 0 aliphatic carbocycles. The molecule has 1 saturated heterocycles. The summed E-state index contributed by atoms with van der Waals surface area (Å²) in [5, 5.41) is 13.1.